The molecule has 6 N–H and O–H groups in total. The van der Waals surface area contributed by atoms with Crippen LogP contribution in [0.4, 0.5) is 10.5 Å². The van der Waals surface area contributed by atoms with E-state index in [0.29, 0.717) is 23.8 Å². The van der Waals surface area contributed by atoms with Crippen LogP contribution in [0.15, 0.2) is 30.6 Å². The van der Waals surface area contributed by atoms with Crippen LogP contribution in [0.3, 0.4) is 0 Å². The second kappa shape index (κ2) is 9.14. The van der Waals surface area contributed by atoms with Crippen molar-refractivity contribution in [3.8, 4) is 0 Å². The molecule has 0 saturated carbocycles. The summed E-state index contributed by atoms with van der Waals surface area (Å²) in [6.45, 7) is 6.97. The summed E-state index contributed by atoms with van der Waals surface area (Å²) in [5.74, 6) is 4.95. The predicted molar refractivity (Wildman–Crippen MR) is 128 cm³/mol. The molecule has 2 atom stereocenters. The Labute approximate surface area is 196 Å². The van der Waals surface area contributed by atoms with E-state index in [-0.39, 0.29) is 18.6 Å². The smallest absolute Gasteiger partial charge is 0.329 e. The van der Waals surface area contributed by atoms with E-state index in [0.717, 1.165) is 21.8 Å². The Morgan fingerprint density at radius 2 is 2.18 bits per heavy atom. The number of pyridine rings is 1. The van der Waals surface area contributed by atoms with Crippen LogP contribution in [0.2, 0.25) is 5.02 Å². The number of carbonyl (C=O) groups is 2. The Bertz CT molecular complexity index is 1200. The number of halogens is 1. The van der Waals surface area contributed by atoms with Gasteiger partial charge in [-0.1, -0.05) is 11.6 Å². The maximum atomic E-state index is 13.4. The zero-order valence-corrected chi connectivity index (χ0v) is 19.5. The summed E-state index contributed by atoms with van der Waals surface area (Å²) in [7, 11) is 0. The van der Waals surface area contributed by atoms with Crippen molar-refractivity contribution >= 4 is 51.0 Å². The molecular weight excluding hydrogens is 446 g/mol. The van der Waals surface area contributed by atoms with Crippen LogP contribution in [0.5, 0.6) is 0 Å². The van der Waals surface area contributed by atoms with Gasteiger partial charge < -0.3 is 20.4 Å². The number of nitrogens with zero attached hydrogens (tertiary/aromatic N) is 2. The number of aromatic amines is 1. The number of benzene rings is 1. The molecule has 3 heterocycles. The molecule has 1 aromatic carbocycles. The van der Waals surface area contributed by atoms with Gasteiger partial charge in [-0.25, -0.2) is 10.6 Å². The minimum Gasteiger partial charge on any atom is -0.372 e. The molecule has 4 rings (SSSR count). The van der Waals surface area contributed by atoms with Gasteiger partial charge in [0.25, 0.3) is 0 Å². The summed E-state index contributed by atoms with van der Waals surface area (Å²) in [5.41, 5.74) is 3.83. The van der Waals surface area contributed by atoms with E-state index in [2.05, 4.69) is 26.0 Å². The summed E-state index contributed by atoms with van der Waals surface area (Å²) in [6, 6.07) is 4.21. The third-order valence-corrected chi connectivity index (χ3v) is 5.93. The van der Waals surface area contributed by atoms with E-state index in [1.807, 2.05) is 37.8 Å². The Kier molecular flexibility index (Phi) is 6.44. The molecule has 0 spiro atoms. The molecule has 1 fully saturated rings. The number of H-pyrrole nitrogens is 1. The second-order valence-electron chi connectivity index (χ2n) is 8.95. The molecule has 3 aromatic rings. The van der Waals surface area contributed by atoms with Crippen LogP contribution in [0.25, 0.3) is 21.8 Å². The summed E-state index contributed by atoms with van der Waals surface area (Å²) in [5, 5.41) is 8.15. The lowest BCUT2D eigenvalue weighted by Crippen LogP contribution is -2.61. The minimum atomic E-state index is -0.553. The number of aromatic nitrogens is 2. The molecule has 176 valence electrons. The molecule has 10 nitrogen and oxygen atoms in total. The fourth-order valence-corrected chi connectivity index (χ4v) is 4.50. The number of morpholine rings is 1. The van der Waals surface area contributed by atoms with Gasteiger partial charge in [-0.15, -0.1) is 0 Å². The molecule has 1 saturated heterocycles. The Morgan fingerprint density at radius 1 is 1.39 bits per heavy atom. The first-order valence-corrected chi connectivity index (χ1v) is 11.1. The van der Waals surface area contributed by atoms with E-state index in [1.54, 1.807) is 18.5 Å². The average molecular weight is 474 g/mol. The number of hydrazine groups is 1. The lowest BCUT2D eigenvalue weighted by Gasteiger charge is -2.43. The lowest BCUT2D eigenvalue weighted by atomic mass is 10.0. The van der Waals surface area contributed by atoms with Gasteiger partial charge >= 0.3 is 6.03 Å². The number of ether oxygens (including phenoxy) is 1. The van der Waals surface area contributed by atoms with E-state index in [4.69, 9.17) is 22.2 Å². The molecule has 0 bridgehead atoms. The standard InChI is InChI=1S/C22H28ClN7O3/c1-12(26-21(32)29-24)9-30-11-22(2,3)33-10-18(30)20(31)28-16-7-13(23)6-15-14-4-5-25-8-17(14)27-19(15)16/h4-8,12,18,27H,9-11,24H2,1-3H3,(H,28,31)(H2,26,29,32)/t12-,18-/m0/s1. The van der Waals surface area contributed by atoms with Crippen LogP contribution < -0.4 is 21.9 Å². The topological polar surface area (TPSA) is 137 Å². The van der Waals surface area contributed by atoms with Gasteiger partial charge in [0.15, 0.2) is 0 Å². The summed E-state index contributed by atoms with van der Waals surface area (Å²) in [6.07, 6.45) is 3.45. The quantitative estimate of drug-likeness (QED) is 0.219. The summed E-state index contributed by atoms with van der Waals surface area (Å²) >= 11 is 6.38. The number of amides is 3. The van der Waals surface area contributed by atoms with Gasteiger partial charge in [0.1, 0.15) is 6.04 Å². The number of nitrogens with two attached hydrogens (primary N) is 1. The number of rotatable bonds is 5. The van der Waals surface area contributed by atoms with Crippen molar-refractivity contribution in [3.63, 3.8) is 0 Å². The van der Waals surface area contributed by atoms with Gasteiger partial charge in [-0.3, -0.25) is 20.1 Å². The van der Waals surface area contributed by atoms with Crippen LogP contribution in [-0.2, 0) is 9.53 Å². The Morgan fingerprint density at radius 3 is 2.94 bits per heavy atom. The molecule has 33 heavy (non-hydrogen) atoms. The van der Waals surface area contributed by atoms with Crippen LogP contribution >= 0.6 is 11.6 Å². The van der Waals surface area contributed by atoms with Gasteiger partial charge in [0.2, 0.25) is 5.91 Å². The molecule has 11 heteroatoms. The highest BCUT2D eigenvalue weighted by atomic mass is 35.5. The molecule has 0 radical (unpaired) electrons. The number of anilines is 1. The van der Waals surface area contributed by atoms with Crippen molar-refractivity contribution in [2.45, 2.75) is 38.5 Å². The maximum Gasteiger partial charge on any atom is 0.329 e. The van der Waals surface area contributed by atoms with Crippen LogP contribution in [-0.4, -0.2) is 64.2 Å². The van der Waals surface area contributed by atoms with Gasteiger partial charge in [-0.05, 0) is 39.0 Å². The summed E-state index contributed by atoms with van der Waals surface area (Å²) in [4.78, 5) is 34.5. The normalized spacial score (nSPS) is 19.4. The first kappa shape index (κ1) is 23.2. The van der Waals surface area contributed by atoms with Gasteiger partial charge in [0, 0.05) is 41.1 Å². The molecule has 3 amide bonds. The average Bonchev–Trinajstić information content (AvgIpc) is 3.11. The van der Waals surface area contributed by atoms with E-state index in [9.17, 15) is 9.59 Å². The fraction of sp³-hybridized carbons (Fsp3) is 0.409. The zero-order chi connectivity index (χ0) is 23.8. The third kappa shape index (κ3) is 5.03. The second-order valence-corrected chi connectivity index (χ2v) is 9.38. The molecule has 2 aromatic heterocycles. The van der Waals surface area contributed by atoms with Crippen molar-refractivity contribution in [3.05, 3.63) is 35.6 Å². The molecular formula is C22H28ClN7O3. The third-order valence-electron chi connectivity index (χ3n) is 5.71. The van der Waals surface area contributed by atoms with Crippen molar-refractivity contribution in [2.24, 2.45) is 5.84 Å². The van der Waals surface area contributed by atoms with Crippen molar-refractivity contribution in [2.75, 3.05) is 25.0 Å². The monoisotopic (exact) mass is 473 g/mol. The number of urea groups is 1. The SMILES string of the molecule is C[C@@H](CN1CC(C)(C)OC[C@H]1C(=O)Nc1cc(Cl)cc2c1[nH]c1cnccc12)NC(=O)NN. The Hall–Kier alpha value is -2.92. The highest BCUT2D eigenvalue weighted by Gasteiger charge is 2.38. The first-order valence-electron chi connectivity index (χ1n) is 10.7. The largest absolute Gasteiger partial charge is 0.372 e. The van der Waals surface area contributed by atoms with Crippen LogP contribution in [0.1, 0.15) is 20.8 Å². The van der Waals surface area contributed by atoms with Crippen molar-refractivity contribution in [1.29, 1.82) is 0 Å². The highest BCUT2D eigenvalue weighted by molar-refractivity contribution is 6.33. The number of hydrogen-bond donors (Lipinski definition) is 5. The van der Waals surface area contributed by atoms with E-state index < -0.39 is 17.7 Å². The number of fused-ring (bicyclic) bond motifs is 3. The molecule has 1 aliphatic rings. The van der Waals surface area contributed by atoms with Crippen LogP contribution in [0, 0.1) is 0 Å². The van der Waals surface area contributed by atoms with Crippen molar-refractivity contribution < 1.29 is 14.3 Å². The highest BCUT2D eigenvalue weighted by Crippen LogP contribution is 2.33. The van der Waals surface area contributed by atoms with E-state index >= 15 is 0 Å². The molecule has 1 aliphatic heterocycles. The lowest BCUT2D eigenvalue weighted by molar-refractivity contribution is -0.143. The summed E-state index contributed by atoms with van der Waals surface area (Å²) < 4.78 is 5.95. The van der Waals surface area contributed by atoms with Gasteiger partial charge in [0.05, 0.1) is 35.1 Å². The van der Waals surface area contributed by atoms with Gasteiger partial charge in [-0.2, -0.15) is 0 Å². The zero-order valence-electron chi connectivity index (χ0n) is 18.7. The van der Waals surface area contributed by atoms with E-state index in [1.165, 1.54) is 0 Å². The maximum absolute atomic E-state index is 13.4. The number of hydrogen-bond acceptors (Lipinski definition) is 6. The minimum absolute atomic E-state index is 0.217. The number of carbonyl (C=O) groups excluding carboxylic acids is 2. The first-order chi connectivity index (χ1) is 15.7. The van der Waals surface area contributed by atoms with Crippen molar-refractivity contribution in [1.82, 2.24) is 25.6 Å². The Balaban J connectivity index is 1.59. The fourth-order valence-electron chi connectivity index (χ4n) is 4.28. The predicted octanol–water partition coefficient (Wildman–Crippen LogP) is 2.35. The molecule has 0 aliphatic carbocycles. The number of nitrogens with one attached hydrogen (secondary N) is 4. The molecule has 0 unspecified atom stereocenters.